The first-order chi connectivity index (χ1) is 8.01. The third-order valence-electron chi connectivity index (χ3n) is 1.86. The quantitative estimate of drug-likeness (QED) is 0.802. The van der Waals surface area contributed by atoms with Gasteiger partial charge < -0.3 is 9.47 Å². The highest BCUT2D eigenvalue weighted by molar-refractivity contribution is 9.10. The Balaban J connectivity index is 3.27. The highest BCUT2D eigenvalue weighted by atomic mass is 79.9. The molecule has 0 aromatic carbocycles. The molecule has 0 saturated carbocycles. The summed E-state index contributed by atoms with van der Waals surface area (Å²) in [5.41, 5.74) is -0.755. The summed E-state index contributed by atoms with van der Waals surface area (Å²) < 4.78 is 34.9. The minimum atomic E-state index is -2.79. The molecule has 0 bridgehead atoms. The molecule has 0 aliphatic heterocycles. The third kappa shape index (κ3) is 3.12. The van der Waals surface area contributed by atoms with Gasteiger partial charge in [-0.15, -0.1) is 0 Å². The number of ether oxygens (including phenoxy) is 2. The molecule has 0 saturated heterocycles. The molecule has 0 amide bonds. The van der Waals surface area contributed by atoms with Crippen molar-refractivity contribution in [2.45, 2.75) is 13.3 Å². The molecule has 0 atom stereocenters. The van der Waals surface area contributed by atoms with Gasteiger partial charge in [0.1, 0.15) is 11.4 Å². The fourth-order valence-corrected chi connectivity index (χ4v) is 1.65. The van der Waals surface area contributed by atoms with Crippen molar-refractivity contribution in [1.82, 2.24) is 4.98 Å². The number of rotatable bonds is 4. The van der Waals surface area contributed by atoms with E-state index in [4.69, 9.17) is 9.47 Å². The Labute approximate surface area is 105 Å². The van der Waals surface area contributed by atoms with Crippen LogP contribution < -0.4 is 4.74 Å². The number of aromatic nitrogens is 1. The Morgan fingerprint density at radius 1 is 1.59 bits per heavy atom. The molecular formula is C10H10BrF2NO3. The number of carbonyl (C=O) groups excluding carboxylic acids is 1. The van der Waals surface area contributed by atoms with E-state index in [9.17, 15) is 13.6 Å². The molecule has 0 radical (unpaired) electrons. The van der Waals surface area contributed by atoms with E-state index < -0.39 is 18.1 Å². The monoisotopic (exact) mass is 309 g/mol. The lowest BCUT2D eigenvalue weighted by molar-refractivity contribution is 0.0516. The van der Waals surface area contributed by atoms with Crippen molar-refractivity contribution in [2.24, 2.45) is 0 Å². The second kappa shape index (κ2) is 5.90. The average Bonchev–Trinajstić information content (AvgIpc) is 2.29. The molecule has 0 N–H and O–H groups in total. The topological polar surface area (TPSA) is 48.4 Å². The van der Waals surface area contributed by atoms with E-state index in [1.165, 1.54) is 7.11 Å². The molecule has 94 valence electrons. The highest BCUT2D eigenvalue weighted by Crippen LogP contribution is 2.31. The number of methoxy groups -OCH3 is 1. The van der Waals surface area contributed by atoms with Gasteiger partial charge in [0.25, 0.3) is 6.43 Å². The summed E-state index contributed by atoms with van der Waals surface area (Å²) in [4.78, 5) is 15.0. The fourth-order valence-electron chi connectivity index (χ4n) is 1.12. The molecule has 0 aliphatic carbocycles. The largest absolute Gasteiger partial charge is 0.495 e. The highest BCUT2D eigenvalue weighted by Gasteiger charge is 2.21. The van der Waals surface area contributed by atoms with E-state index in [2.05, 4.69) is 20.9 Å². The van der Waals surface area contributed by atoms with Crippen LogP contribution in [0.1, 0.15) is 29.5 Å². The predicted octanol–water partition coefficient (Wildman–Crippen LogP) is 2.97. The van der Waals surface area contributed by atoms with Crippen LogP contribution in [-0.4, -0.2) is 24.7 Å². The molecule has 1 aromatic heterocycles. The van der Waals surface area contributed by atoms with Crippen LogP contribution in [0, 0.1) is 0 Å². The van der Waals surface area contributed by atoms with Crippen molar-refractivity contribution in [3.63, 3.8) is 0 Å². The Morgan fingerprint density at radius 3 is 2.71 bits per heavy atom. The minimum Gasteiger partial charge on any atom is -0.495 e. The lowest BCUT2D eigenvalue weighted by Crippen LogP contribution is -2.10. The zero-order valence-electron chi connectivity index (χ0n) is 9.17. The maximum absolute atomic E-state index is 12.6. The van der Waals surface area contributed by atoms with Crippen molar-refractivity contribution in [2.75, 3.05) is 13.7 Å². The summed E-state index contributed by atoms with van der Waals surface area (Å²) in [5, 5.41) is 0. The Kier molecular flexibility index (Phi) is 4.80. The second-order valence-corrected chi connectivity index (χ2v) is 3.73. The zero-order valence-corrected chi connectivity index (χ0v) is 10.8. The van der Waals surface area contributed by atoms with Crippen molar-refractivity contribution >= 4 is 21.9 Å². The van der Waals surface area contributed by atoms with Gasteiger partial charge in [0.15, 0.2) is 5.69 Å². The van der Waals surface area contributed by atoms with Crippen LogP contribution in [-0.2, 0) is 4.74 Å². The number of hydrogen-bond donors (Lipinski definition) is 0. The molecule has 17 heavy (non-hydrogen) atoms. The van der Waals surface area contributed by atoms with Gasteiger partial charge in [-0.2, -0.15) is 0 Å². The first-order valence-corrected chi connectivity index (χ1v) is 5.50. The van der Waals surface area contributed by atoms with E-state index >= 15 is 0 Å². The lowest BCUT2D eigenvalue weighted by Gasteiger charge is -2.10. The summed E-state index contributed by atoms with van der Waals surface area (Å²) in [5.74, 6) is -0.668. The summed E-state index contributed by atoms with van der Waals surface area (Å²) >= 11 is 3.06. The maximum Gasteiger partial charge on any atom is 0.358 e. The number of alkyl halides is 2. The average molecular weight is 310 g/mol. The van der Waals surface area contributed by atoms with Gasteiger partial charge in [0, 0.05) is 6.07 Å². The Bertz CT molecular complexity index is 426. The number of carbonyl (C=O) groups is 1. The predicted molar refractivity (Wildman–Crippen MR) is 59.4 cm³/mol. The molecular weight excluding hydrogens is 300 g/mol. The van der Waals surface area contributed by atoms with Crippen molar-refractivity contribution < 1.29 is 23.0 Å². The molecule has 1 aromatic rings. The normalized spacial score (nSPS) is 10.5. The van der Waals surface area contributed by atoms with Gasteiger partial charge >= 0.3 is 5.97 Å². The first kappa shape index (κ1) is 13.8. The zero-order chi connectivity index (χ0) is 13.0. The molecule has 0 aliphatic rings. The van der Waals surface area contributed by atoms with Crippen LogP contribution in [0.3, 0.4) is 0 Å². The number of pyridine rings is 1. The molecule has 1 rings (SSSR count). The van der Waals surface area contributed by atoms with E-state index in [0.29, 0.717) is 0 Å². The maximum atomic E-state index is 12.6. The van der Waals surface area contributed by atoms with Crippen LogP contribution >= 0.6 is 15.9 Å². The molecule has 7 heteroatoms. The van der Waals surface area contributed by atoms with Crippen LogP contribution in [0.4, 0.5) is 8.78 Å². The van der Waals surface area contributed by atoms with Crippen molar-refractivity contribution in [1.29, 1.82) is 0 Å². The van der Waals surface area contributed by atoms with Gasteiger partial charge in [0.2, 0.25) is 0 Å². The second-order valence-electron chi connectivity index (χ2n) is 2.93. The van der Waals surface area contributed by atoms with Gasteiger partial charge in [-0.1, -0.05) is 0 Å². The summed E-state index contributed by atoms with van der Waals surface area (Å²) in [6.45, 7) is 1.74. The number of halogens is 3. The molecule has 0 spiro atoms. The number of hydrogen-bond acceptors (Lipinski definition) is 4. The first-order valence-electron chi connectivity index (χ1n) is 4.71. The van der Waals surface area contributed by atoms with Crippen molar-refractivity contribution in [3.8, 4) is 5.75 Å². The van der Waals surface area contributed by atoms with Gasteiger partial charge in [-0.05, 0) is 22.9 Å². The standard InChI is InChI=1S/C10H10BrF2NO3/c1-3-17-10(15)8-7(11)6(16-2)4-5(14-8)9(12)13/h4,9H,3H2,1-2H3. The fraction of sp³-hybridized carbons (Fsp3) is 0.400. The lowest BCUT2D eigenvalue weighted by atomic mass is 10.3. The van der Waals surface area contributed by atoms with Crippen molar-refractivity contribution in [3.05, 3.63) is 21.9 Å². The van der Waals surface area contributed by atoms with Crippen LogP contribution in [0.15, 0.2) is 10.5 Å². The van der Waals surface area contributed by atoms with Gasteiger partial charge in [-0.25, -0.2) is 18.6 Å². The molecule has 0 unspecified atom stereocenters. The van der Waals surface area contributed by atoms with E-state index in [-0.39, 0.29) is 22.5 Å². The van der Waals surface area contributed by atoms with Crippen LogP contribution in [0.25, 0.3) is 0 Å². The van der Waals surface area contributed by atoms with E-state index in [1.54, 1.807) is 6.92 Å². The Morgan fingerprint density at radius 2 is 2.24 bits per heavy atom. The summed E-state index contributed by atoms with van der Waals surface area (Å²) in [7, 11) is 1.31. The van der Waals surface area contributed by atoms with Crippen LogP contribution in [0.5, 0.6) is 5.75 Å². The SMILES string of the molecule is CCOC(=O)c1nc(C(F)F)cc(OC)c1Br. The minimum absolute atomic E-state index is 0.110. The van der Waals surface area contributed by atoms with Gasteiger partial charge in [0.05, 0.1) is 18.2 Å². The smallest absolute Gasteiger partial charge is 0.358 e. The van der Waals surface area contributed by atoms with E-state index in [0.717, 1.165) is 6.07 Å². The van der Waals surface area contributed by atoms with E-state index in [1.807, 2.05) is 0 Å². The molecule has 0 fully saturated rings. The summed E-state index contributed by atoms with van der Waals surface area (Å²) in [6, 6.07) is 1.07. The summed E-state index contributed by atoms with van der Waals surface area (Å²) in [6.07, 6.45) is -2.79. The molecule has 4 nitrogen and oxygen atoms in total. The Hall–Kier alpha value is -1.24. The molecule has 1 heterocycles. The van der Waals surface area contributed by atoms with Crippen LogP contribution in [0.2, 0.25) is 0 Å². The third-order valence-corrected chi connectivity index (χ3v) is 2.62. The number of esters is 1. The van der Waals surface area contributed by atoms with Gasteiger partial charge in [-0.3, -0.25) is 0 Å². The number of nitrogens with zero attached hydrogens (tertiary/aromatic N) is 1.